The van der Waals surface area contributed by atoms with E-state index in [0.717, 1.165) is 11.1 Å². The van der Waals surface area contributed by atoms with Crippen LogP contribution in [0.5, 0.6) is 23.0 Å². The van der Waals surface area contributed by atoms with Crippen molar-refractivity contribution >= 4 is 23.6 Å². The lowest BCUT2D eigenvalue weighted by molar-refractivity contribution is -0.175. The number of halogens is 2. The molecule has 2 aliphatic heterocycles. The fraction of sp³-hybridized carbons (Fsp3) is 0.296. The Morgan fingerprint density at radius 2 is 0.781 bits per heavy atom. The monoisotopic (exact) mass is 1020 g/mol. The minimum Gasteiger partial charge on any atom is -0.489 e. The lowest BCUT2D eigenvalue weighted by Gasteiger charge is -2.46. The van der Waals surface area contributed by atoms with Crippen molar-refractivity contribution in [3.8, 4) is 23.0 Å². The van der Waals surface area contributed by atoms with Crippen LogP contribution in [-0.2, 0) is 35.9 Å². The van der Waals surface area contributed by atoms with Crippen LogP contribution >= 0.6 is 11.8 Å². The van der Waals surface area contributed by atoms with E-state index in [9.17, 15) is 49.0 Å². The number of ether oxygens (including phenoxy) is 6. The summed E-state index contributed by atoms with van der Waals surface area (Å²) in [6, 6.07) is 35.7. The third-order valence-corrected chi connectivity index (χ3v) is 13.4. The summed E-state index contributed by atoms with van der Waals surface area (Å²) < 4.78 is 63.0. The van der Waals surface area contributed by atoms with E-state index in [-0.39, 0.29) is 60.6 Å². The molecule has 384 valence electrons. The highest BCUT2D eigenvalue weighted by Gasteiger charge is 2.51. The van der Waals surface area contributed by atoms with Gasteiger partial charge in [0.2, 0.25) is 0 Å². The summed E-state index contributed by atoms with van der Waals surface area (Å²) in [7, 11) is 0. The van der Waals surface area contributed by atoms with Gasteiger partial charge < -0.3 is 69.7 Å². The molecule has 0 spiro atoms. The number of benzene rings is 6. The van der Waals surface area contributed by atoms with Crippen LogP contribution in [0.1, 0.15) is 43.0 Å². The van der Waals surface area contributed by atoms with E-state index in [1.807, 2.05) is 60.7 Å². The van der Waals surface area contributed by atoms with E-state index < -0.39 is 96.2 Å². The van der Waals surface area contributed by atoms with Crippen LogP contribution in [0.2, 0.25) is 0 Å². The van der Waals surface area contributed by atoms with Crippen LogP contribution in [0.4, 0.5) is 8.78 Å². The smallest absolute Gasteiger partial charge is 0.251 e. The maximum atomic E-state index is 14.1. The molecule has 0 aromatic heterocycles. The summed E-state index contributed by atoms with van der Waals surface area (Å²) in [5.41, 5.74) is 0.0923. The Kier molecular flexibility index (Phi) is 17.9. The summed E-state index contributed by atoms with van der Waals surface area (Å²) in [5, 5.41) is 72.2. The first kappa shape index (κ1) is 52.7. The molecule has 16 nitrogen and oxygen atoms in total. The predicted octanol–water partition coefficient (Wildman–Crippen LogP) is 4.79. The van der Waals surface area contributed by atoms with Gasteiger partial charge in [-0.1, -0.05) is 96.7 Å². The van der Waals surface area contributed by atoms with Gasteiger partial charge in [0, 0.05) is 23.3 Å². The number of thioether (sulfide) groups is 1. The summed E-state index contributed by atoms with van der Waals surface area (Å²) in [6.07, 6.45) is -9.58. The lowest BCUT2D eigenvalue weighted by Crippen LogP contribution is -2.66. The standard InChI is InChI=1S/C54H54F2N2O14S/c55-37-15-11-33(12-16-37)29-69-41-21-35(19-39(23-41)67-27-31-7-3-1-4-8-31)51(65)57-45-47(61)43(25-59)71-53(49(45)63)73-54-50(64)46(48(62)44(26-60)72-54)58-52(66)36-20-40(68-28-32-9-5-2-6-10-32)24-42(22-36)70-30-34-13-17-38(56)18-14-34/h1-24,43-50,53-54,59-64H,25-30H2,(H,57,65)(H,58,66)/t43-,44+,45-,46?,47-,48-,49+,50?,53?,54?/m0/s1. The first-order chi connectivity index (χ1) is 35.3. The van der Waals surface area contributed by atoms with E-state index in [4.69, 9.17) is 28.4 Å². The van der Waals surface area contributed by atoms with Crippen LogP contribution in [0.25, 0.3) is 0 Å². The molecule has 19 heteroatoms. The van der Waals surface area contributed by atoms with Crippen molar-refractivity contribution in [3.63, 3.8) is 0 Å². The number of rotatable bonds is 20. The summed E-state index contributed by atoms with van der Waals surface area (Å²) in [5.74, 6) is -1.52. The number of hydrogen-bond acceptors (Lipinski definition) is 15. The number of hydrogen-bond donors (Lipinski definition) is 8. The SMILES string of the molecule is O=C(NC1C(O)C(SC2O[C@@H](CO)[C@H](O)[C@H](NC(=O)c3cc(OCc4ccccc4)cc(OCc4ccc(F)cc4)c3)[C@H]2O)O[C@H](CO)[C@@H]1O)c1cc(OCc2ccccc2)cc(OCc2ccc(F)cc2)c1. The molecule has 0 radical (unpaired) electrons. The predicted molar refractivity (Wildman–Crippen MR) is 262 cm³/mol. The van der Waals surface area contributed by atoms with E-state index in [1.165, 1.54) is 48.5 Å². The molecule has 8 N–H and O–H groups in total. The number of nitrogens with one attached hydrogen (secondary N) is 2. The van der Waals surface area contributed by atoms with Gasteiger partial charge in [0.1, 0.15) is 109 Å². The second-order valence-corrected chi connectivity index (χ2v) is 18.5. The third kappa shape index (κ3) is 13.9. The fourth-order valence-electron chi connectivity index (χ4n) is 8.06. The van der Waals surface area contributed by atoms with Gasteiger partial charge in [-0.05, 0) is 70.8 Å². The van der Waals surface area contributed by atoms with Crippen LogP contribution in [0.3, 0.4) is 0 Å². The second-order valence-electron chi connectivity index (χ2n) is 17.3. The third-order valence-electron chi connectivity index (χ3n) is 12.1. The van der Waals surface area contributed by atoms with Crippen molar-refractivity contribution in [3.05, 3.63) is 191 Å². The Morgan fingerprint density at radius 1 is 0.466 bits per heavy atom. The molecule has 8 rings (SSSR count). The molecule has 2 fully saturated rings. The van der Waals surface area contributed by atoms with Gasteiger partial charge in [0.25, 0.3) is 11.8 Å². The average molecular weight is 1030 g/mol. The lowest BCUT2D eigenvalue weighted by atomic mass is 9.96. The highest BCUT2D eigenvalue weighted by Crippen LogP contribution is 2.37. The summed E-state index contributed by atoms with van der Waals surface area (Å²) in [6.45, 7) is -1.23. The van der Waals surface area contributed by atoms with Crippen molar-refractivity contribution in [2.24, 2.45) is 0 Å². The highest BCUT2D eigenvalue weighted by molar-refractivity contribution is 8.00. The normalized spacial score (nSPS) is 23.7. The number of aliphatic hydroxyl groups is 6. The summed E-state index contributed by atoms with van der Waals surface area (Å²) in [4.78, 5) is 28.2. The Balaban J connectivity index is 0.980. The van der Waals surface area contributed by atoms with Crippen molar-refractivity contribution in [2.75, 3.05) is 13.2 Å². The Morgan fingerprint density at radius 3 is 1.10 bits per heavy atom. The van der Waals surface area contributed by atoms with Crippen molar-refractivity contribution in [2.45, 2.75) is 86.0 Å². The van der Waals surface area contributed by atoms with Gasteiger partial charge in [-0.2, -0.15) is 0 Å². The number of amides is 2. The zero-order chi connectivity index (χ0) is 51.4. The van der Waals surface area contributed by atoms with E-state index in [0.29, 0.717) is 22.9 Å². The van der Waals surface area contributed by atoms with Crippen molar-refractivity contribution < 1.29 is 77.4 Å². The molecule has 6 aromatic rings. The zero-order valence-electron chi connectivity index (χ0n) is 39.0. The van der Waals surface area contributed by atoms with E-state index in [1.54, 1.807) is 36.4 Å². The van der Waals surface area contributed by atoms with Gasteiger partial charge in [-0.25, -0.2) is 8.78 Å². The minimum absolute atomic E-state index is 0.000406. The number of carbonyl (C=O) groups excluding carboxylic acids is 2. The van der Waals surface area contributed by atoms with Gasteiger partial charge in [0.15, 0.2) is 0 Å². The van der Waals surface area contributed by atoms with Crippen LogP contribution in [0.15, 0.2) is 146 Å². The Labute approximate surface area is 423 Å². The Bertz CT molecular complexity index is 2560. The Hall–Kier alpha value is -6.65. The quantitative estimate of drug-likeness (QED) is 0.0514. The fourth-order valence-corrected chi connectivity index (χ4v) is 9.40. The molecular formula is C54H54F2N2O14S. The molecule has 2 heterocycles. The molecule has 2 aliphatic rings. The topological polar surface area (TPSA) is 235 Å². The van der Waals surface area contributed by atoms with E-state index in [2.05, 4.69) is 10.6 Å². The van der Waals surface area contributed by atoms with Crippen molar-refractivity contribution in [1.82, 2.24) is 10.6 Å². The van der Waals surface area contributed by atoms with E-state index >= 15 is 0 Å². The van der Waals surface area contributed by atoms with Crippen LogP contribution < -0.4 is 29.6 Å². The molecule has 0 aliphatic carbocycles. The van der Waals surface area contributed by atoms with Gasteiger partial charge >= 0.3 is 0 Å². The van der Waals surface area contributed by atoms with Gasteiger partial charge in [-0.15, -0.1) is 0 Å². The van der Waals surface area contributed by atoms with Gasteiger partial charge in [0.05, 0.1) is 25.3 Å². The number of aliphatic hydroxyl groups excluding tert-OH is 6. The van der Waals surface area contributed by atoms with Crippen LogP contribution in [0, 0.1) is 11.6 Å². The van der Waals surface area contributed by atoms with Crippen molar-refractivity contribution in [1.29, 1.82) is 0 Å². The molecule has 73 heavy (non-hydrogen) atoms. The first-order valence-corrected chi connectivity index (χ1v) is 24.2. The minimum atomic E-state index is -1.74. The largest absolute Gasteiger partial charge is 0.489 e. The molecule has 0 saturated carbocycles. The van der Waals surface area contributed by atoms with Crippen LogP contribution in [-0.4, -0.2) is 115 Å². The molecule has 0 bridgehead atoms. The zero-order valence-corrected chi connectivity index (χ0v) is 39.8. The number of carbonyl (C=O) groups is 2. The molecule has 10 atom stereocenters. The second kappa shape index (κ2) is 24.9. The first-order valence-electron chi connectivity index (χ1n) is 23.2. The maximum absolute atomic E-state index is 14.1. The molecule has 2 saturated heterocycles. The maximum Gasteiger partial charge on any atom is 0.251 e. The molecule has 6 aromatic carbocycles. The molecular weight excluding hydrogens is 971 g/mol. The molecule has 4 unspecified atom stereocenters. The average Bonchev–Trinajstić information content (AvgIpc) is 3.41. The van der Waals surface area contributed by atoms with Gasteiger partial charge in [-0.3, -0.25) is 9.59 Å². The highest BCUT2D eigenvalue weighted by atomic mass is 32.2. The molecule has 2 amide bonds. The summed E-state index contributed by atoms with van der Waals surface area (Å²) >= 11 is 0.664.